The molecule has 2 aromatic rings. The van der Waals surface area contributed by atoms with Gasteiger partial charge in [-0.15, -0.1) is 0 Å². The molecule has 3 fully saturated rings. The molecule has 1 atom stereocenters. The maximum atomic E-state index is 13.3. The number of piperazine rings is 1. The molecule has 170 valence electrons. The quantitative estimate of drug-likeness (QED) is 0.783. The third kappa shape index (κ3) is 4.14. The summed E-state index contributed by atoms with van der Waals surface area (Å²) in [5.41, 5.74) is 3.35. The van der Waals surface area contributed by atoms with Crippen LogP contribution in [0.4, 0.5) is 11.4 Å². The van der Waals surface area contributed by atoms with Crippen molar-refractivity contribution in [3.05, 3.63) is 53.9 Å². The van der Waals surface area contributed by atoms with Crippen molar-refractivity contribution in [3.63, 3.8) is 0 Å². The first-order valence-corrected chi connectivity index (χ1v) is 12.1. The molecular formula is C26H34N4O2. The molecule has 1 N–H and O–H groups in total. The predicted octanol–water partition coefficient (Wildman–Crippen LogP) is 3.19. The predicted molar refractivity (Wildman–Crippen MR) is 127 cm³/mol. The second-order valence-electron chi connectivity index (χ2n) is 9.74. The van der Waals surface area contributed by atoms with Gasteiger partial charge in [-0.3, -0.25) is 9.78 Å². The molecule has 3 aliphatic rings. The minimum Gasteiger partial charge on any atom is -0.384 e. The third-order valence-corrected chi connectivity index (χ3v) is 7.59. The molecular weight excluding hydrogens is 400 g/mol. The zero-order chi connectivity index (χ0) is 22.1. The maximum absolute atomic E-state index is 13.3. The fourth-order valence-electron chi connectivity index (χ4n) is 5.53. The zero-order valence-electron chi connectivity index (χ0n) is 19.0. The number of hydrogen-bond acceptors (Lipinski definition) is 5. The number of nitrogens with zero attached hydrogens (tertiary/aromatic N) is 4. The van der Waals surface area contributed by atoms with Crippen LogP contribution >= 0.6 is 0 Å². The maximum Gasteiger partial charge on any atom is 0.230 e. The lowest BCUT2D eigenvalue weighted by Crippen LogP contribution is -2.44. The van der Waals surface area contributed by atoms with E-state index in [1.165, 1.54) is 11.3 Å². The first kappa shape index (κ1) is 21.4. The first-order chi connectivity index (χ1) is 15.5. The highest BCUT2D eigenvalue weighted by Gasteiger charge is 2.36. The number of amides is 1. The van der Waals surface area contributed by atoms with Crippen LogP contribution < -0.4 is 9.80 Å². The van der Waals surface area contributed by atoms with Gasteiger partial charge >= 0.3 is 0 Å². The lowest BCUT2D eigenvalue weighted by Gasteiger charge is -2.35. The molecule has 0 spiro atoms. The summed E-state index contributed by atoms with van der Waals surface area (Å²) >= 11 is 0. The van der Waals surface area contributed by atoms with E-state index in [0.717, 1.165) is 82.6 Å². The number of carbonyl (C=O) groups excluding carboxylic acids is 1. The number of benzene rings is 1. The Morgan fingerprint density at radius 1 is 1.03 bits per heavy atom. The molecule has 1 aromatic carbocycles. The molecule has 2 aliphatic heterocycles. The molecule has 32 heavy (non-hydrogen) atoms. The van der Waals surface area contributed by atoms with Gasteiger partial charge in [-0.05, 0) is 56.5 Å². The van der Waals surface area contributed by atoms with Gasteiger partial charge in [0, 0.05) is 44.3 Å². The van der Waals surface area contributed by atoms with Gasteiger partial charge in [-0.1, -0.05) is 31.0 Å². The molecule has 5 rings (SSSR count). The number of pyridine rings is 1. The Bertz CT molecular complexity index is 947. The van der Waals surface area contributed by atoms with Gasteiger partial charge < -0.3 is 19.8 Å². The number of para-hydroxylation sites is 1. The molecule has 1 saturated carbocycles. The Hall–Kier alpha value is -2.44. The minimum absolute atomic E-state index is 0.00214. The van der Waals surface area contributed by atoms with Crippen LogP contribution in [0.15, 0.2) is 42.6 Å². The van der Waals surface area contributed by atoms with Gasteiger partial charge in [0.15, 0.2) is 0 Å². The number of anilines is 2. The highest BCUT2D eigenvalue weighted by atomic mass is 16.3. The topological polar surface area (TPSA) is 59.9 Å². The van der Waals surface area contributed by atoms with Crippen molar-refractivity contribution in [1.82, 2.24) is 9.88 Å². The van der Waals surface area contributed by atoms with Crippen LogP contribution in [0.5, 0.6) is 0 Å². The fraction of sp³-hybridized carbons (Fsp3) is 0.538. The molecule has 3 heterocycles. The van der Waals surface area contributed by atoms with Gasteiger partial charge in [0.2, 0.25) is 5.91 Å². The van der Waals surface area contributed by atoms with Crippen molar-refractivity contribution >= 4 is 17.3 Å². The zero-order valence-corrected chi connectivity index (χ0v) is 19.0. The second-order valence-corrected chi connectivity index (χ2v) is 9.74. The van der Waals surface area contributed by atoms with E-state index in [1.54, 1.807) is 6.20 Å². The normalized spacial score (nSPS) is 23.8. The molecule has 1 aliphatic carbocycles. The van der Waals surface area contributed by atoms with E-state index in [2.05, 4.69) is 46.1 Å². The van der Waals surface area contributed by atoms with Crippen molar-refractivity contribution in [1.29, 1.82) is 0 Å². The lowest BCUT2D eigenvalue weighted by atomic mass is 9.96. The summed E-state index contributed by atoms with van der Waals surface area (Å²) in [4.78, 5) is 24.5. The number of rotatable bonds is 5. The largest absolute Gasteiger partial charge is 0.384 e. The van der Waals surface area contributed by atoms with Crippen molar-refractivity contribution in [2.75, 3.05) is 49.6 Å². The smallest absolute Gasteiger partial charge is 0.230 e. The average molecular weight is 435 g/mol. The van der Waals surface area contributed by atoms with Crippen LogP contribution in [0.3, 0.4) is 0 Å². The van der Waals surface area contributed by atoms with Crippen molar-refractivity contribution < 1.29 is 9.90 Å². The summed E-state index contributed by atoms with van der Waals surface area (Å²) < 4.78 is 0. The van der Waals surface area contributed by atoms with Crippen LogP contribution in [0.25, 0.3) is 0 Å². The molecule has 6 heteroatoms. The molecule has 1 aromatic heterocycles. The van der Waals surface area contributed by atoms with Gasteiger partial charge in [0.25, 0.3) is 0 Å². The number of likely N-dealkylation sites (N-methyl/N-ethyl adjacent to an activating group) is 1. The molecule has 1 amide bonds. The summed E-state index contributed by atoms with van der Waals surface area (Å²) in [6.07, 6.45) is 7.05. The van der Waals surface area contributed by atoms with E-state index in [9.17, 15) is 9.90 Å². The molecule has 2 saturated heterocycles. The summed E-state index contributed by atoms with van der Waals surface area (Å²) in [5, 5.41) is 10.8. The Kier molecular flexibility index (Phi) is 5.91. The van der Waals surface area contributed by atoms with Crippen LogP contribution in [-0.2, 0) is 16.8 Å². The highest BCUT2D eigenvalue weighted by Crippen LogP contribution is 2.38. The van der Waals surface area contributed by atoms with E-state index >= 15 is 0 Å². The SMILES string of the molecule is CN1CCN(c2ccccc2CC2CCN(c3ccc(C4(O)CCCC4)nc3)C2=O)CC1. The summed E-state index contributed by atoms with van der Waals surface area (Å²) in [7, 11) is 2.17. The van der Waals surface area contributed by atoms with E-state index in [4.69, 9.17) is 0 Å². The first-order valence-electron chi connectivity index (χ1n) is 12.1. The van der Waals surface area contributed by atoms with E-state index in [1.807, 2.05) is 17.0 Å². The highest BCUT2D eigenvalue weighted by molar-refractivity contribution is 5.97. The molecule has 6 nitrogen and oxygen atoms in total. The van der Waals surface area contributed by atoms with Gasteiger partial charge in [-0.25, -0.2) is 0 Å². The minimum atomic E-state index is -0.789. The Morgan fingerprint density at radius 2 is 1.78 bits per heavy atom. The number of hydrogen-bond donors (Lipinski definition) is 1. The third-order valence-electron chi connectivity index (χ3n) is 7.59. The van der Waals surface area contributed by atoms with Gasteiger partial charge in [0.1, 0.15) is 5.60 Å². The average Bonchev–Trinajstić information content (AvgIpc) is 3.42. The Morgan fingerprint density at radius 3 is 2.50 bits per heavy atom. The molecule has 1 unspecified atom stereocenters. The van der Waals surface area contributed by atoms with Crippen LogP contribution in [0.2, 0.25) is 0 Å². The summed E-state index contributed by atoms with van der Waals surface area (Å²) in [6.45, 7) is 4.93. The van der Waals surface area contributed by atoms with Crippen LogP contribution in [0.1, 0.15) is 43.4 Å². The van der Waals surface area contributed by atoms with Crippen molar-refractivity contribution in [2.24, 2.45) is 5.92 Å². The molecule has 0 radical (unpaired) electrons. The van der Waals surface area contributed by atoms with Crippen molar-refractivity contribution in [3.8, 4) is 0 Å². The fourth-order valence-corrected chi connectivity index (χ4v) is 5.53. The monoisotopic (exact) mass is 434 g/mol. The second kappa shape index (κ2) is 8.83. The summed E-state index contributed by atoms with van der Waals surface area (Å²) in [5.74, 6) is 0.189. The number of aromatic nitrogens is 1. The van der Waals surface area contributed by atoms with E-state index in [0.29, 0.717) is 0 Å². The Labute approximate surface area is 190 Å². The van der Waals surface area contributed by atoms with Gasteiger partial charge in [-0.2, -0.15) is 0 Å². The number of carbonyl (C=O) groups is 1. The van der Waals surface area contributed by atoms with Crippen molar-refractivity contribution in [2.45, 2.75) is 44.1 Å². The molecule has 0 bridgehead atoms. The lowest BCUT2D eigenvalue weighted by molar-refractivity contribution is -0.120. The van der Waals surface area contributed by atoms with Crippen LogP contribution in [-0.4, -0.2) is 60.7 Å². The van der Waals surface area contributed by atoms with E-state index in [-0.39, 0.29) is 11.8 Å². The van der Waals surface area contributed by atoms with Crippen LogP contribution in [0, 0.1) is 5.92 Å². The standard InChI is InChI=1S/C26H34N4O2/c1-28-14-16-29(17-15-28)23-7-3-2-6-20(23)18-21-10-13-30(25(21)31)22-8-9-24(27-19-22)26(32)11-4-5-12-26/h2-3,6-9,19,21,32H,4-5,10-18H2,1H3. The Balaban J connectivity index is 1.27. The van der Waals surface area contributed by atoms with Gasteiger partial charge in [0.05, 0.1) is 17.6 Å². The van der Waals surface area contributed by atoms with E-state index < -0.39 is 5.60 Å². The summed E-state index contributed by atoms with van der Waals surface area (Å²) in [6, 6.07) is 12.4. The number of aliphatic hydroxyl groups is 1.